The molecule has 0 aliphatic heterocycles. The van der Waals surface area contributed by atoms with E-state index in [1.165, 1.54) is 0 Å². The molecule has 5 atom stereocenters. The zero-order valence-corrected chi connectivity index (χ0v) is 22.4. The molecule has 0 bridgehead atoms. The molecule has 0 aromatic heterocycles. The summed E-state index contributed by atoms with van der Waals surface area (Å²) in [5.41, 5.74) is 2.02. The van der Waals surface area contributed by atoms with Gasteiger partial charge in [-0.1, -0.05) is 44.2 Å². The topological polar surface area (TPSA) is 74.6 Å². The van der Waals surface area contributed by atoms with Crippen LogP contribution < -0.4 is 0 Å². The number of aliphatic hydroxyl groups excluding tert-OH is 2. The van der Waals surface area contributed by atoms with E-state index in [1.807, 2.05) is 42.5 Å². The van der Waals surface area contributed by atoms with Crippen LogP contribution in [0.15, 0.2) is 71.0 Å². The Labute approximate surface area is 213 Å². The van der Waals surface area contributed by atoms with Crippen molar-refractivity contribution in [1.29, 1.82) is 0 Å². The van der Waals surface area contributed by atoms with Gasteiger partial charge in [0.15, 0.2) is 9.84 Å². The van der Waals surface area contributed by atoms with Crippen molar-refractivity contribution in [2.45, 2.75) is 47.0 Å². The zero-order valence-electron chi connectivity index (χ0n) is 20.0. The molecule has 0 spiro atoms. The minimum absolute atomic E-state index is 0.0459. The van der Waals surface area contributed by atoms with Crippen molar-refractivity contribution in [3.05, 3.63) is 61.2 Å². The third-order valence-corrected chi connectivity index (χ3v) is 11.8. The molecule has 2 aromatic rings. The normalized spacial score (nSPS) is 24.0. The second-order valence-corrected chi connectivity index (χ2v) is 13.6. The maximum Gasteiger partial charge on any atom is 0.181 e. The summed E-state index contributed by atoms with van der Waals surface area (Å²) >= 11 is 3.32. The fraction of sp³-hybridized carbons (Fsp3) is 0.481. The van der Waals surface area contributed by atoms with Gasteiger partial charge in [0.1, 0.15) is 0 Å². The SMILES string of the molecule is C=CC(SCCO)[C@H]1CC[C@H](S(=O)(=O)c2ccc(-c3ccc(SCCO)cc3)cc2)[C@H](C)[C@H]1C. The van der Waals surface area contributed by atoms with Gasteiger partial charge in [0.2, 0.25) is 0 Å². The lowest BCUT2D eigenvalue weighted by Crippen LogP contribution is -2.42. The summed E-state index contributed by atoms with van der Waals surface area (Å²) in [4.78, 5) is 1.49. The van der Waals surface area contributed by atoms with Crippen LogP contribution in [0.3, 0.4) is 0 Å². The molecule has 3 rings (SSSR count). The molecule has 186 valence electrons. The highest BCUT2D eigenvalue weighted by molar-refractivity contribution is 8.00. The van der Waals surface area contributed by atoms with Crippen molar-refractivity contribution in [2.75, 3.05) is 24.7 Å². The summed E-state index contributed by atoms with van der Waals surface area (Å²) < 4.78 is 27.1. The van der Waals surface area contributed by atoms with Gasteiger partial charge in [-0.05, 0) is 66.0 Å². The van der Waals surface area contributed by atoms with Crippen LogP contribution in [0.25, 0.3) is 11.1 Å². The van der Waals surface area contributed by atoms with Crippen LogP contribution in [0, 0.1) is 17.8 Å². The predicted octanol–water partition coefficient (Wildman–Crippen LogP) is 5.54. The first-order valence-electron chi connectivity index (χ1n) is 11.9. The third-order valence-electron chi connectivity index (χ3n) is 7.06. The highest BCUT2D eigenvalue weighted by atomic mass is 32.2. The van der Waals surface area contributed by atoms with Gasteiger partial charge >= 0.3 is 0 Å². The molecule has 0 saturated heterocycles. The number of hydrogen-bond donors (Lipinski definition) is 2. The van der Waals surface area contributed by atoms with Gasteiger partial charge in [-0.25, -0.2) is 8.42 Å². The van der Waals surface area contributed by atoms with E-state index in [0.29, 0.717) is 28.7 Å². The second kappa shape index (κ2) is 12.6. The van der Waals surface area contributed by atoms with E-state index in [4.69, 9.17) is 5.11 Å². The van der Waals surface area contributed by atoms with Gasteiger partial charge in [-0.2, -0.15) is 11.8 Å². The average molecular weight is 521 g/mol. The first-order chi connectivity index (χ1) is 16.3. The fourth-order valence-electron chi connectivity index (χ4n) is 4.99. The molecule has 7 heteroatoms. The Morgan fingerprint density at radius 2 is 1.53 bits per heavy atom. The van der Waals surface area contributed by atoms with Crippen LogP contribution in [-0.4, -0.2) is 53.9 Å². The number of sulfone groups is 1. The quantitative estimate of drug-likeness (QED) is 0.299. The summed E-state index contributed by atoms with van der Waals surface area (Å²) in [7, 11) is -3.43. The summed E-state index contributed by atoms with van der Waals surface area (Å²) in [6.45, 7) is 8.51. The van der Waals surface area contributed by atoms with Crippen LogP contribution in [0.5, 0.6) is 0 Å². The van der Waals surface area contributed by atoms with Crippen molar-refractivity contribution in [1.82, 2.24) is 0 Å². The van der Waals surface area contributed by atoms with Crippen molar-refractivity contribution in [3.63, 3.8) is 0 Å². The van der Waals surface area contributed by atoms with Crippen molar-refractivity contribution < 1.29 is 18.6 Å². The zero-order chi connectivity index (χ0) is 24.7. The molecule has 1 saturated carbocycles. The highest BCUT2D eigenvalue weighted by Crippen LogP contribution is 2.44. The van der Waals surface area contributed by atoms with Crippen molar-refractivity contribution in [2.24, 2.45) is 17.8 Å². The van der Waals surface area contributed by atoms with E-state index in [2.05, 4.69) is 20.4 Å². The van der Waals surface area contributed by atoms with Crippen LogP contribution in [0.1, 0.15) is 26.7 Å². The lowest BCUT2D eigenvalue weighted by molar-refractivity contribution is 0.190. The monoisotopic (exact) mass is 520 g/mol. The number of thioether (sulfide) groups is 2. The minimum atomic E-state index is -3.43. The van der Waals surface area contributed by atoms with Gasteiger partial charge in [0.25, 0.3) is 0 Å². The second-order valence-electron chi connectivity index (χ2n) is 8.96. The van der Waals surface area contributed by atoms with E-state index in [1.54, 1.807) is 35.7 Å². The lowest BCUT2D eigenvalue weighted by Gasteiger charge is -2.42. The molecule has 1 aliphatic carbocycles. The van der Waals surface area contributed by atoms with Crippen LogP contribution >= 0.6 is 23.5 Å². The van der Waals surface area contributed by atoms with Crippen molar-refractivity contribution in [3.8, 4) is 11.1 Å². The minimum Gasteiger partial charge on any atom is -0.396 e. The van der Waals surface area contributed by atoms with E-state index in [-0.39, 0.29) is 35.5 Å². The van der Waals surface area contributed by atoms with Crippen LogP contribution in [0.2, 0.25) is 0 Å². The van der Waals surface area contributed by atoms with Gasteiger partial charge in [-0.15, -0.1) is 18.3 Å². The Morgan fingerprint density at radius 3 is 2.09 bits per heavy atom. The number of aliphatic hydroxyl groups is 2. The Morgan fingerprint density at radius 1 is 0.941 bits per heavy atom. The molecule has 0 heterocycles. The third kappa shape index (κ3) is 6.30. The Bertz CT molecular complexity index is 1020. The Kier molecular flexibility index (Phi) is 10.2. The predicted molar refractivity (Wildman–Crippen MR) is 145 cm³/mol. The van der Waals surface area contributed by atoms with E-state index in [0.717, 1.165) is 22.4 Å². The Balaban J connectivity index is 1.73. The van der Waals surface area contributed by atoms with E-state index < -0.39 is 9.84 Å². The summed E-state index contributed by atoms with van der Waals surface area (Å²) in [5.74, 6) is 2.01. The molecule has 34 heavy (non-hydrogen) atoms. The van der Waals surface area contributed by atoms with Crippen molar-refractivity contribution >= 4 is 33.4 Å². The Hall–Kier alpha value is -1.25. The van der Waals surface area contributed by atoms with E-state index >= 15 is 0 Å². The van der Waals surface area contributed by atoms with Crippen LogP contribution in [0.4, 0.5) is 0 Å². The fourth-order valence-corrected chi connectivity index (χ4v) is 8.91. The number of benzene rings is 2. The first kappa shape index (κ1) is 27.3. The molecule has 1 aliphatic rings. The van der Waals surface area contributed by atoms with Gasteiger partial charge in [0, 0.05) is 21.7 Å². The molecular weight excluding hydrogens is 484 g/mol. The molecule has 4 nitrogen and oxygen atoms in total. The van der Waals surface area contributed by atoms with Crippen LogP contribution in [-0.2, 0) is 9.84 Å². The van der Waals surface area contributed by atoms with Gasteiger partial charge < -0.3 is 10.2 Å². The summed E-state index contributed by atoms with van der Waals surface area (Å²) in [6.07, 6.45) is 3.46. The first-order valence-corrected chi connectivity index (χ1v) is 15.4. The maximum absolute atomic E-state index is 13.6. The van der Waals surface area contributed by atoms with Gasteiger partial charge in [0.05, 0.1) is 23.4 Å². The van der Waals surface area contributed by atoms with Gasteiger partial charge in [-0.3, -0.25) is 0 Å². The van der Waals surface area contributed by atoms with E-state index in [9.17, 15) is 13.5 Å². The number of hydrogen-bond acceptors (Lipinski definition) is 6. The lowest BCUT2D eigenvalue weighted by atomic mass is 9.72. The highest BCUT2D eigenvalue weighted by Gasteiger charge is 2.43. The molecule has 0 radical (unpaired) electrons. The molecule has 1 unspecified atom stereocenters. The smallest absolute Gasteiger partial charge is 0.181 e. The molecule has 0 amide bonds. The standard InChI is InChI=1S/C27H36O4S3/c1-4-26(33-18-16-29)25-13-14-27(20(3)19(25)2)34(30,31)24-11-7-22(8-12-24)21-5-9-23(10-6-21)32-17-15-28/h4-12,19-20,25-29H,1,13-18H2,2-3H3/t19-,20-,25+,26?,27+/m1/s1. The number of rotatable bonds is 11. The maximum atomic E-state index is 13.6. The average Bonchev–Trinajstić information content (AvgIpc) is 2.85. The molecule has 2 N–H and O–H groups in total. The summed E-state index contributed by atoms with van der Waals surface area (Å²) in [5, 5.41) is 18.0. The summed E-state index contributed by atoms with van der Waals surface area (Å²) in [6, 6.07) is 15.4. The molecule has 2 aromatic carbocycles. The molecule has 1 fully saturated rings. The largest absolute Gasteiger partial charge is 0.396 e. The molecular formula is C27H36O4S3.